The van der Waals surface area contributed by atoms with Crippen molar-refractivity contribution in [3.63, 3.8) is 0 Å². The van der Waals surface area contributed by atoms with E-state index in [1.807, 2.05) is 0 Å². The number of rotatable bonds is 5. The molecule has 0 spiro atoms. The number of nitrogens with one attached hydrogen (secondary N) is 2. The van der Waals surface area contributed by atoms with Gasteiger partial charge in [0.1, 0.15) is 16.8 Å². The summed E-state index contributed by atoms with van der Waals surface area (Å²) in [6.45, 7) is 0. The zero-order valence-electron chi connectivity index (χ0n) is 13.4. The third-order valence-electron chi connectivity index (χ3n) is 3.59. The molecule has 2 aromatic carbocycles. The van der Waals surface area contributed by atoms with Gasteiger partial charge in [-0.05, 0) is 18.2 Å². The second kappa shape index (κ2) is 6.92. The molecule has 3 aromatic rings. The molecule has 0 atom stereocenters. The number of nitro benzene ring substituents is 2. The molecule has 0 saturated heterocycles. The summed E-state index contributed by atoms with van der Waals surface area (Å²) >= 11 is 0. The molecule has 11 nitrogen and oxygen atoms in total. The molecule has 27 heavy (non-hydrogen) atoms. The monoisotopic (exact) mass is 370 g/mol. The number of hydrazine groups is 1. The summed E-state index contributed by atoms with van der Waals surface area (Å²) < 4.78 is 5.04. The van der Waals surface area contributed by atoms with Gasteiger partial charge < -0.3 is 4.42 Å². The molecule has 0 aliphatic rings. The highest BCUT2D eigenvalue weighted by Crippen LogP contribution is 2.28. The van der Waals surface area contributed by atoms with Crippen molar-refractivity contribution in [2.24, 2.45) is 0 Å². The summed E-state index contributed by atoms with van der Waals surface area (Å²) in [5.41, 5.74) is 2.25. The maximum Gasteiger partial charge on any atom is 0.349 e. The van der Waals surface area contributed by atoms with Crippen LogP contribution >= 0.6 is 0 Å². The lowest BCUT2D eigenvalue weighted by molar-refractivity contribution is -0.393. The third-order valence-corrected chi connectivity index (χ3v) is 3.59. The van der Waals surface area contributed by atoms with E-state index in [1.165, 1.54) is 6.07 Å². The van der Waals surface area contributed by atoms with E-state index in [0.717, 1.165) is 18.2 Å². The standard InChI is InChI=1S/C16H10N4O7/c21-15(11-7-9-3-1-2-4-14(9)27-16(11)22)18-17-12-6-5-10(19(23)24)8-13(12)20(25)26/h1-8,17H,(H,18,21). The van der Waals surface area contributed by atoms with Gasteiger partial charge >= 0.3 is 11.3 Å². The largest absolute Gasteiger partial charge is 0.422 e. The van der Waals surface area contributed by atoms with Crippen molar-refractivity contribution < 1.29 is 19.1 Å². The van der Waals surface area contributed by atoms with Gasteiger partial charge in [-0.15, -0.1) is 0 Å². The van der Waals surface area contributed by atoms with Gasteiger partial charge in [-0.1, -0.05) is 18.2 Å². The maximum atomic E-state index is 12.2. The average Bonchev–Trinajstić information content (AvgIpc) is 2.65. The molecular formula is C16H10N4O7. The average molecular weight is 370 g/mol. The van der Waals surface area contributed by atoms with Crippen molar-refractivity contribution in [3.05, 3.63) is 84.7 Å². The van der Waals surface area contributed by atoms with E-state index < -0.39 is 32.8 Å². The first kappa shape index (κ1) is 17.5. The van der Waals surface area contributed by atoms with Crippen LogP contribution in [0, 0.1) is 20.2 Å². The number of carbonyl (C=O) groups is 1. The maximum absolute atomic E-state index is 12.2. The van der Waals surface area contributed by atoms with Crippen molar-refractivity contribution in [1.82, 2.24) is 5.43 Å². The molecule has 0 saturated carbocycles. The van der Waals surface area contributed by atoms with Crippen molar-refractivity contribution in [2.45, 2.75) is 0 Å². The molecule has 0 radical (unpaired) electrons. The van der Waals surface area contributed by atoms with Gasteiger partial charge in [0.25, 0.3) is 11.6 Å². The number of non-ortho nitro benzene ring substituents is 1. The summed E-state index contributed by atoms with van der Waals surface area (Å²) in [6.07, 6.45) is 0. The van der Waals surface area contributed by atoms with E-state index >= 15 is 0 Å². The van der Waals surface area contributed by atoms with Crippen molar-refractivity contribution in [2.75, 3.05) is 5.43 Å². The number of nitrogens with zero attached hydrogens (tertiary/aromatic N) is 2. The van der Waals surface area contributed by atoms with Gasteiger partial charge in [0.15, 0.2) is 0 Å². The van der Waals surface area contributed by atoms with E-state index in [4.69, 9.17) is 4.42 Å². The summed E-state index contributed by atoms with van der Waals surface area (Å²) in [4.78, 5) is 44.4. The SMILES string of the molecule is O=C(NNc1ccc([N+](=O)[O-])cc1[N+](=O)[O-])c1cc2ccccc2oc1=O. The molecule has 1 amide bonds. The lowest BCUT2D eigenvalue weighted by Crippen LogP contribution is -2.33. The molecular weight excluding hydrogens is 360 g/mol. The van der Waals surface area contributed by atoms with E-state index in [2.05, 4.69) is 10.9 Å². The van der Waals surface area contributed by atoms with Crippen LogP contribution in [0.4, 0.5) is 17.1 Å². The molecule has 2 N–H and O–H groups in total. The Labute approximate surface area is 149 Å². The Bertz CT molecular complexity index is 1140. The van der Waals surface area contributed by atoms with E-state index in [1.54, 1.807) is 24.3 Å². The molecule has 0 unspecified atom stereocenters. The molecule has 0 bridgehead atoms. The fourth-order valence-corrected chi connectivity index (χ4v) is 2.30. The lowest BCUT2D eigenvalue weighted by atomic mass is 10.2. The van der Waals surface area contributed by atoms with Crippen LogP contribution in [0.1, 0.15) is 10.4 Å². The summed E-state index contributed by atoms with van der Waals surface area (Å²) in [5, 5.41) is 22.3. The molecule has 11 heteroatoms. The number of nitro groups is 2. The van der Waals surface area contributed by atoms with Gasteiger partial charge in [-0.25, -0.2) is 4.79 Å². The van der Waals surface area contributed by atoms with Crippen LogP contribution < -0.4 is 16.5 Å². The van der Waals surface area contributed by atoms with Gasteiger partial charge in [0.2, 0.25) is 0 Å². The van der Waals surface area contributed by atoms with Gasteiger partial charge in [0, 0.05) is 11.5 Å². The first-order chi connectivity index (χ1) is 12.9. The predicted octanol–water partition coefficient (Wildman–Crippen LogP) is 2.37. The number of hydrogen-bond donors (Lipinski definition) is 2. The summed E-state index contributed by atoms with van der Waals surface area (Å²) in [6, 6.07) is 10.7. The van der Waals surface area contributed by atoms with Crippen LogP contribution in [-0.4, -0.2) is 15.8 Å². The fraction of sp³-hybridized carbons (Fsp3) is 0. The Balaban J connectivity index is 1.86. The Morgan fingerprint density at radius 3 is 2.44 bits per heavy atom. The van der Waals surface area contributed by atoms with Crippen molar-refractivity contribution >= 4 is 33.9 Å². The Kier molecular flexibility index (Phi) is 4.49. The lowest BCUT2D eigenvalue weighted by Gasteiger charge is -2.08. The Hall–Kier alpha value is -4.28. The first-order valence-corrected chi connectivity index (χ1v) is 7.39. The van der Waals surface area contributed by atoms with E-state index in [-0.39, 0.29) is 11.3 Å². The molecule has 3 rings (SSSR count). The second-order valence-electron chi connectivity index (χ2n) is 5.28. The van der Waals surface area contributed by atoms with Crippen LogP contribution in [0.2, 0.25) is 0 Å². The van der Waals surface area contributed by atoms with E-state index in [9.17, 15) is 29.8 Å². The van der Waals surface area contributed by atoms with Gasteiger partial charge in [-0.2, -0.15) is 0 Å². The number of anilines is 1. The highest BCUT2D eigenvalue weighted by Gasteiger charge is 2.20. The number of hydrogen-bond acceptors (Lipinski definition) is 8. The zero-order chi connectivity index (χ0) is 19.6. The van der Waals surface area contributed by atoms with Crippen LogP contribution in [0.15, 0.2) is 57.7 Å². The molecule has 136 valence electrons. The molecule has 1 aromatic heterocycles. The van der Waals surface area contributed by atoms with Gasteiger partial charge in [-0.3, -0.25) is 35.9 Å². The Morgan fingerprint density at radius 2 is 1.74 bits per heavy atom. The number of para-hydroxylation sites is 1. The molecule has 0 fully saturated rings. The summed E-state index contributed by atoms with van der Waals surface area (Å²) in [7, 11) is 0. The number of carbonyl (C=O) groups excluding carboxylic acids is 1. The number of benzene rings is 2. The Morgan fingerprint density at radius 1 is 1.00 bits per heavy atom. The highest BCUT2D eigenvalue weighted by molar-refractivity contribution is 5.97. The quantitative estimate of drug-likeness (QED) is 0.393. The second-order valence-corrected chi connectivity index (χ2v) is 5.28. The number of fused-ring (bicyclic) bond motifs is 1. The van der Waals surface area contributed by atoms with Crippen LogP contribution in [0.3, 0.4) is 0 Å². The van der Waals surface area contributed by atoms with Crippen LogP contribution in [0.5, 0.6) is 0 Å². The number of amides is 1. The van der Waals surface area contributed by atoms with Crippen molar-refractivity contribution in [3.8, 4) is 0 Å². The molecule has 1 heterocycles. The summed E-state index contributed by atoms with van der Waals surface area (Å²) in [5.74, 6) is -0.887. The normalized spacial score (nSPS) is 10.4. The molecule has 0 aliphatic carbocycles. The molecule has 0 aliphatic heterocycles. The minimum Gasteiger partial charge on any atom is -0.422 e. The van der Waals surface area contributed by atoms with Gasteiger partial charge in [0.05, 0.1) is 15.9 Å². The zero-order valence-corrected chi connectivity index (χ0v) is 13.4. The highest BCUT2D eigenvalue weighted by atomic mass is 16.6. The predicted molar refractivity (Wildman–Crippen MR) is 93.3 cm³/mol. The minimum absolute atomic E-state index is 0.191. The minimum atomic E-state index is -0.887. The first-order valence-electron chi connectivity index (χ1n) is 7.39. The van der Waals surface area contributed by atoms with E-state index in [0.29, 0.717) is 11.0 Å². The van der Waals surface area contributed by atoms with Crippen LogP contribution in [0.25, 0.3) is 11.0 Å². The fourth-order valence-electron chi connectivity index (χ4n) is 2.30. The smallest absolute Gasteiger partial charge is 0.349 e. The van der Waals surface area contributed by atoms with Crippen LogP contribution in [-0.2, 0) is 0 Å². The topological polar surface area (TPSA) is 158 Å². The third kappa shape index (κ3) is 3.56. The van der Waals surface area contributed by atoms with Crippen molar-refractivity contribution in [1.29, 1.82) is 0 Å².